The molecule has 6 nitrogen and oxygen atoms in total. The summed E-state index contributed by atoms with van der Waals surface area (Å²) in [4.78, 5) is 33.3. The molecule has 1 aromatic carbocycles. The molecule has 0 aliphatic heterocycles. The summed E-state index contributed by atoms with van der Waals surface area (Å²) >= 11 is 0. The molecule has 0 bridgehead atoms. The van der Waals surface area contributed by atoms with Crippen molar-refractivity contribution in [2.45, 2.75) is 13.3 Å². The average molecular weight is 250 g/mol. The maximum absolute atomic E-state index is 11.4. The highest BCUT2D eigenvalue weighted by molar-refractivity contribution is 6.05. The van der Waals surface area contributed by atoms with Gasteiger partial charge in [-0.05, 0) is 13.0 Å². The van der Waals surface area contributed by atoms with E-state index in [-0.39, 0.29) is 17.9 Å². The van der Waals surface area contributed by atoms with Crippen molar-refractivity contribution in [1.29, 1.82) is 0 Å². The molecule has 0 aliphatic carbocycles. The van der Waals surface area contributed by atoms with Crippen molar-refractivity contribution in [1.82, 2.24) is 0 Å². The predicted molar refractivity (Wildman–Crippen MR) is 60.7 cm³/mol. The summed E-state index contributed by atoms with van der Waals surface area (Å²) in [6, 6.07) is 5.78. The van der Waals surface area contributed by atoms with E-state index in [1.54, 1.807) is 13.0 Å². The van der Waals surface area contributed by atoms with Crippen LogP contribution in [-0.4, -0.2) is 24.5 Å². The quantitative estimate of drug-likeness (QED) is 0.583. The third kappa shape index (κ3) is 3.89. The van der Waals surface area contributed by atoms with E-state index in [1.165, 1.54) is 18.2 Å². The number of amides is 1. The predicted octanol–water partition coefficient (Wildman–Crippen LogP) is -0.0582. The number of esters is 1. The number of hydrogen-bond acceptors (Lipinski definition) is 5. The number of carboxylic acid groups (broad SMARTS) is 1. The van der Waals surface area contributed by atoms with Crippen LogP contribution in [0.15, 0.2) is 24.3 Å². The fourth-order valence-electron chi connectivity index (χ4n) is 1.31. The van der Waals surface area contributed by atoms with E-state index in [4.69, 9.17) is 0 Å². The first-order chi connectivity index (χ1) is 8.54. The smallest absolute Gasteiger partial charge is 0.315 e. The minimum atomic E-state index is -1.40. The Bertz CT molecular complexity index is 469. The molecule has 1 rings (SSSR count). The lowest BCUT2D eigenvalue weighted by Gasteiger charge is -2.11. The topological polar surface area (TPSA) is 95.5 Å². The van der Waals surface area contributed by atoms with Gasteiger partial charge in [0, 0.05) is 11.3 Å². The van der Waals surface area contributed by atoms with E-state index in [1.807, 2.05) is 0 Å². The highest BCUT2D eigenvalue weighted by Gasteiger charge is 2.12. The van der Waals surface area contributed by atoms with Gasteiger partial charge in [0.25, 0.3) is 0 Å². The van der Waals surface area contributed by atoms with Crippen molar-refractivity contribution in [3.63, 3.8) is 0 Å². The Morgan fingerprint density at radius 2 is 1.94 bits per heavy atom. The molecule has 0 saturated heterocycles. The second-order valence-corrected chi connectivity index (χ2v) is 3.36. The Hall–Kier alpha value is -2.37. The lowest BCUT2D eigenvalue weighted by molar-refractivity contribution is -0.254. The molecule has 0 aliphatic rings. The molecule has 18 heavy (non-hydrogen) atoms. The van der Waals surface area contributed by atoms with Gasteiger partial charge in [-0.2, -0.15) is 0 Å². The van der Waals surface area contributed by atoms with Crippen LogP contribution in [-0.2, 0) is 14.3 Å². The van der Waals surface area contributed by atoms with E-state index in [0.717, 1.165) is 0 Å². The van der Waals surface area contributed by atoms with Crippen molar-refractivity contribution in [3.8, 4) is 0 Å². The number of para-hydroxylation sites is 1. The molecule has 0 unspecified atom stereocenters. The molecule has 0 spiro atoms. The molecular formula is C12H12NO5-. The van der Waals surface area contributed by atoms with E-state index in [0.29, 0.717) is 0 Å². The zero-order chi connectivity index (χ0) is 13.5. The first kappa shape index (κ1) is 13.7. The number of ether oxygens (including phenoxy) is 1. The Balaban J connectivity index is 2.70. The monoisotopic (exact) mass is 250 g/mol. The summed E-state index contributed by atoms with van der Waals surface area (Å²) in [5.41, 5.74) is -0.0542. The summed E-state index contributed by atoms with van der Waals surface area (Å²) in [5, 5.41) is 13.1. The van der Waals surface area contributed by atoms with E-state index >= 15 is 0 Å². The molecule has 1 amide bonds. The maximum atomic E-state index is 11.4. The summed E-state index contributed by atoms with van der Waals surface area (Å²) in [5.74, 6) is -2.70. The molecule has 0 saturated carbocycles. The van der Waals surface area contributed by atoms with Gasteiger partial charge >= 0.3 is 5.97 Å². The standard InChI is InChI=1S/C12H13NO5/c1-2-18-11(15)7-10(14)13-9-6-4-3-5-8(9)12(16)17/h3-6H,2,7H2,1H3,(H,13,14)(H,16,17)/p-1. The molecule has 0 radical (unpaired) electrons. The van der Waals surface area contributed by atoms with Gasteiger partial charge < -0.3 is 20.0 Å². The Kier molecular flexibility index (Phi) is 4.86. The lowest BCUT2D eigenvalue weighted by atomic mass is 10.2. The minimum absolute atomic E-state index is 0.0896. The van der Waals surface area contributed by atoms with Gasteiger partial charge in [0.1, 0.15) is 6.42 Å². The highest BCUT2D eigenvalue weighted by Crippen LogP contribution is 2.14. The third-order valence-electron chi connectivity index (χ3n) is 2.03. The normalized spacial score (nSPS) is 9.61. The Labute approximate surface area is 104 Å². The number of carbonyl (C=O) groups excluding carboxylic acids is 3. The van der Waals surface area contributed by atoms with Crippen LogP contribution >= 0.6 is 0 Å². The molecule has 1 aromatic rings. The van der Waals surface area contributed by atoms with Gasteiger partial charge in [0.15, 0.2) is 0 Å². The molecule has 0 fully saturated rings. The SMILES string of the molecule is CCOC(=O)CC(=O)Nc1ccccc1C(=O)[O-]. The highest BCUT2D eigenvalue weighted by atomic mass is 16.5. The van der Waals surface area contributed by atoms with Gasteiger partial charge in [-0.1, -0.05) is 18.2 Å². The van der Waals surface area contributed by atoms with Crippen LogP contribution in [0.3, 0.4) is 0 Å². The first-order valence-corrected chi connectivity index (χ1v) is 5.30. The number of rotatable bonds is 5. The number of anilines is 1. The van der Waals surface area contributed by atoms with Crippen molar-refractivity contribution < 1.29 is 24.2 Å². The largest absolute Gasteiger partial charge is 0.545 e. The van der Waals surface area contributed by atoms with Crippen molar-refractivity contribution >= 4 is 23.5 Å². The number of carboxylic acids is 1. The minimum Gasteiger partial charge on any atom is -0.545 e. The molecule has 0 heterocycles. The zero-order valence-corrected chi connectivity index (χ0v) is 9.76. The van der Waals surface area contributed by atoms with Crippen LogP contribution in [0.25, 0.3) is 0 Å². The van der Waals surface area contributed by atoms with Gasteiger partial charge in [-0.25, -0.2) is 0 Å². The van der Waals surface area contributed by atoms with Gasteiger partial charge in [0.05, 0.1) is 12.6 Å². The first-order valence-electron chi connectivity index (χ1n) is 5.30. The molecular weight excluding hydrogens is 238 g/mol. The molecule has 0 atom stereocenters. The van der Waals surface area contributed by atoms with Crippen molar-refractivity contribution in [3.05, 3.63) is 29.8 Å². The van der Waals surface area contributed by atoms with Crippen molar-refractivity contribution in [2.24, 2.45) is 0 Å². The summed E-state index contributed by atoms with van der Waals surface area (Å²) in [6.45, 7) is 1.81. The third-order valence-corrected chi connectivity index (χ3v) is 2.03. The van der Waals surface area contributed by atoms with Crippen LogP contribution in [0.2, 0.25) is 0 Å². The summed E-state index contributed by atoms with van der Waals surface area (Å²) in [7, 11) is 0. The Morgan fingerprint density at radius 3 is 2.56 bits per heavy atom. The number of carbonyl (C=O) groups is 3. The van der Waals surface area contributed by atoms with E-state index in [9.17, 15) is 19.5 Å². The fourth-order valence-corrected chi connectivity index (χ4v) is 1.31. The van der Waals surface area contributed by atoms with Crippen LogP contribution in [0.5, 0.6) is 0 Å². The van der Waals surface area contributed by atoms with Crippen molar-refractivity contribution in [2.75, 3.05) is 11.9 Å². The zero-order valence-electron chi connectivity index (χ0n) is 9.76. The van der Waals surface area contributed by atoms with Crippen LogP contribution in [0.1, 0.15) is 23.7 Å². The second-order valence-electron chi connectivity index (χ2n) is 3.36. The van der Waals surface area contributed by atoms with E-state index in [2.05, 4.69) is 10.1 Å². The van der Waals surface area contributed by atoms with Gasteiger partial charge in [-0.15, -0.1) is 0 Å². The van der Waals surface area contributed by atoms with Gasteiger partial charge in [0.2, 0.25) is 5.91 Å². The average Bonchev–Trinajstić information content (AvgIpc) is 2.29. The Morgan fingerprint density at radius 1 is 1.28 bits per heavy atom. The van der Waals surface area contributed by atoms with E-state index < -0.39 is 24.3 Å². The number of aromatic carboxylic acids is 1. The lowest BCUT2D eigenvalue weighted by Crippen LogP contribution is -2.25. The summed E-state index contributed by atoms with van der Waals surface area (Å²) < 4.78 is 4.60. The number of hydrogen-bond donors (Lipinski definition) is 1. The molecule has 1 N–H and O–H groups in total. The van der Waals surface area contributed by atoms with Crippen LogP contribution in [0.4, 0.5) is 5.69 Å². The van der Waals surface area contributed by atoms with Crippen LogP contribution < -0.4 is 10.4 Å². The summed E-state index contributed by atoms with van der Waals surface area (Å²) in [6.07, 6.45) is -0.463. The molecule has 0 aromatic heterocycles. The molecule has 96 valence electrons. The molecule has 6 heteroatoms. The second kappa shape index (κ2) is 6.39. The van der Waals surface area contributed by atoms with Crippen LogP contribution in [0, 0.1) is 0 Å². The van der Waals surface area contributed by atoms with Gasteiger partial charge in [-0.3, -0.25) is 9.59 Å². The fraction of sp³-hybridized carbons (Fsp3) is 0.250. The number of nitrogens with one attached hydrogen (secondary N) is 1. The maximum Gasteiger partial charge on any atom is 0.315 e. The number of benzene rings is 1.